The molecule has 1 unspecified atom stereocenters. The highest BCUT2D eigenvalue weighted by molar-refractivity contribution is 7.89. The Bertz CT molecular complexity index is 988. The van der Waals surface area contributed by atoms with Gasteiger partial charge in [-0.2, -0.15) is 0 Å². The highest BCUT2D eigenvalue weighted by atomic mass is 32.2. The fourth-order valence-electron chi connectivity index (χ4n) is 3.49. The Morgan fingerprint density at radius 1 is 1.17 bits per heavy atom. The molecule has 1 amide bonds. The van der Waals surface area contributed by atoms with Crippen LogP contribution in [0.1, 0.15) is 36.0 Å². The van der Waals surface area contributed by atoms with E-state index >= 15 is 0 Å². The molecule has 0 aliphatic carbocycles. The van der Waals surface area contributed by atoms with Crippen molar-refractivity contribution in [3.63, 3.8) is 0 Å². The summed E-state index contributed by atoms with van der Waals surface area (Å²) in [6, 6.07) is 10.4. The zero-order valence-electron chi connectivity index (χ0n) is 17.7. The van der Waals surface area contributed by atoms with E-state index in [1.54, 1.807) is 18.2 Å². The van der Waals surface area contributed by atoms with Gasteiger partial charge in [-0.15, -0.1) is 0 Å². The zero-order chi connectivity index (χ0) is 21.7. The largest absolute Gasteiger partial charge is 0.465 e. The standard InChI is InChI=1S/C22H29N3O4S/c1-17-6-12-21(29-17)20(25-14-4-5-15-25)16-23-22(26)13-9-18-7-10-19(11-8-18)30(27,28)24(2)3/h6-13,20H,4-5,14-16H2,1-3H3,(H,23,26)/b13-9+. The van der Waals surface area contributed by atoms with E-state index < -0.39 is 10.0 Å². The van der Waals surface area contributed by atoms with Crippen LogP contribution < -0.4 is 5.32 Å². The van der Waals surface area contributed by atoms with E-state index in [-0.39, 0.29) is 16.8 Å². The summed E-state index contributed by atoms with van der Waals surface area (Å²) in [6.45, 7) is 4.38. The predicted octanol–water partition coefficient (Wildman–Crippen LogP) is 2.80. The second-order valence-electron chi connectivity index (χ2n) is 7.64. The van der Waals surface area contributed by atoms with Crippen molar-refractivity contribution in [3.05, 3.63) is 59.6 Å². The lowest BCUT2D eigenvalue weighted by Gasteiger charge is -2.25. The molecule has 1 aliphatic heterocycles. The lowest BCUT2D eigenvalue weighted by atomic mass is 10.2. The molecular weight excluding hydrogens is 402 g/mol. The molecule has 3 rings (SSSR count). The van der Waals surface area contributed by atoms with Gasteiger partial charge in [-0.05, 0) is 68.8 Å². The molecule has 30 heavy (non-hydrogen) atoms. The van der Waals surface area contributed by atoms with Crippen molar-refractivity contribution in [1.29, 1.82) is 0 Å². The Kier molecular flexibility index (Phi) is 7.12. The second kappa shape index (κ2) is 9.59. The number of aryl methyl sites for hydroxylation is 1. The number of nitrogens with zero attached hydrogens (tertiary/aromatic N) is 2. The minimum absolute atomic E-state index is 0.0223. The van der Waals surface area contributed by atoms with Crippen LogP contribution in [0.25, 0.3) is 6.08 Å². The number of benzene rings is 1. The van der Waals surface area contributed by atoms with E-state index in [2.05, 4.69) is 10.2 Å². The van der Waals surface area contributed by atoms with Crippen molar-refractivity contribution in [1.82, 2.24) is 14.5 Å². The van der Waals surface area contributed by atoms with Gasteiger partial charge >= 0.3 is 0 Å². The molecule has 0 saturated carbocycles. The molecule has 2 heterocycles. The smallest absolute Gasteiger partial charge is 0.244 e. The van der Waals surface area contributed by atoms with Crippen LogP contribution in [-0.4, -0.2) is 57.3 Å². The van der Waals surface area contributed by atoms with E-state index in [1.807, 2.05) is 19.1 Å². The molecule has 0 radical (unpaired) electrons. The zero-order valence-corrected chi connectivity index (χ0v) is 18.5. The Morgan fingerprint density at radius 2 is 1.83 bits per heavy atom. The van der Waals surface area contributed by atoms with Crippen molar-refractivity contribution in [2.24, 2.45) is 0 Å². The SMILES string of the molecule is Cc1ccc(C(CNC(=O)/C=C/c2ccc(S(=O)(=O)N(C)C)cc2)N2CCCC2)o1. The average Bonchev–Trinajstić information content (AvgIpc) is 3.39. The van der Waals surface area contributed by atoms with E-state index in [0.717, 1.165) is 43.0 Å². The number of carbonyl (C=O) groups excluding carboxylic acids is 1. The van der Waals surface area contributed by atoms with Crippen LogP contribution in [0.2, 0.25) is 0 Å². The maximum Gasteiger partial charge on any atom is 0.244 e. The Morgan fingerprint density at radius 3 is 2.40 bits per heavy atom. The summed E-state index contributed by atoms with van der Waals surface area (Å²) in [7, 11) is -0.474. The van der Waals surface area contributed by atoms with Crippen LogP contribution in [0.15, 0.2) is 51.8 Å². The predicted molar refractivity (Wildman–Crippen MR) is 116 cm³/mol. The van der Waals surface area contributed by atoms with Crippen LogP contribution in [0.3, 0.4) is 0 Å². The number of carbonyl (C=O) groups is 1. The molecule has 0 spiro atoms. The highest BCUT2D eigenvalue weighted by Gasteiger charge is 2.26. The molecular formula is C22H29N3O4S. The van der Waals surface area contributed by atoms with Gasteiger partial charge in [0, 0.05) is 26.7 Å². The molecule has 8 heteroatoms. The van der Waals surface area contributed by atoms with Gasteiger partial charge in [0.1, 0.15) is 11.5 Å². The summed E-state index contributed by atoms with van der Waals surface area (Å²) in [5.41, 5.74) is 0.751. The van der Waals surface area contributed by atoms with Gasteiger partial charge in [0.2, 0.25) is 15.9 Å². The third kappa shape index (κ3) is 5.38. The molecule has 1 aromatic heterocycles. The average molecular weight is 432 g/mol. The number of likely N-dealkylation sites (tertiary alicyclic amines) is 1. The van der Waals surface area contributed by atoms with Gasteiger partial charge in [0.15, 0.2) is 0 Å². The third-order valence-corrected chi connectivity index (χ3v) is 7.06. The Balaban J connectivity index is 1.60. The molecule has 0 bridgehead atoms. The summed E-state index contributed by atoms with van der Waals surface area (Å²) in [4.78, 5) is 14.9. The first-order valence-corrected chi connectivity index (χ1v) is 11.5. The number of amides is 1. The molecule has 1 aromatic carbocycles. The van der Waals surface area contributed by atoms with E-state index in [0.29, 0.717) is 6.54 Å². The Hall–Kier alpha value is -2.42. The summed E-state index contributed by atoms with van der Waals surface area (Å²) in [5.74, 6) is 1.53. The molecule has 162 valence electrons. The van der Waals surface area contributed by atoms with Crippen molar-refractivity contribution in [3.8, 4) is 0 Å². The van der Waals surface area contributed by atoms with E-state index in [4.69, 9.17) is 4.42 Å². The molecule has 1 fully saturated rings. The highest BCUT2D eigenvalue weighted by Crippen LogP contribution is 2.26. The van der Waals surface area contributed by atoms with Crippen molar-refractivity contribution < 1.29 is 17.6 Å². The number of hydrogen-bond donors (Lipinski definition) is 1. The molecule has 7 nitrogen and oxygen atoms in total. The molecule has 1 atom stereocenters. The van der Waals surface area contributed by atoms with Crippen molar-refractivity contribution in [2.75, 3.05) is 33.7 Å². The van der Waals surface area contributed by atoms with Gasteiger partial charge in [-0.25, -0.2) is 12.7 Å². The van der Waals surface area contributed by atoms with Gasteiger partial charge in [0.05, 0.1) is 10.9 Å². The third-order valence-electron chi connectivity index (χ3n) is 5.23. The molecule has 1 N–H and O–H groups in total. The normalized spacial score (nSPS) is 16.4. The first kappa shape index (κ1) is 22.3. The van der Waals surface area contributed by atoms with E-state index in [9.17, 15) is 13.2 Å². The van der Waals surface area contributed by atoms with Crippen LogP contribution in [0, 0.1) is 6.92 Å². The first-order valence-electron chi connectivity index (χ1n) is 10.1. The van der Waals surface area contributed by atoms with Crippen LogP contribution in [0.4, 0.5) is 0 Å². The van der Waals surface area contributed by atoms with Gasteiger partial charge in [0.25, 0.3) is 0 Å². The number of nitrogens with one attached hydrogen (secondary N) is 1. The van der Waals surface area contributed by atoms with Gasteiger partial charge in [-0.1, -0.05) is 12.1 Å². The molecule has 1 aliphatic rings. The fraction of sp³-hybridized carbons (Fsp3) is 0.409. The van der Waals surface area contributed by atoms with Gasteiger partial charge < -0.3 is 9.73 Å². The topological polar surface area (TPSA) is 82.9 Å². The van der Waals surface area contributed by atoms with Crippen molar-refractivity contribution >= 4 is 22.0 Å². The quantitative estimate of drug-likeness (QED) is 0.650. The summed E-state index contributed by atoms with van der Waals surface area (Å²) < 4.78 is 31.2. The van der Waals surface area contributed by atoms with E-state index in [1.165, 1.54) is 36.6 Å². The maximum atomic E-state index is 12.3. The first-order chi connectivity index (χ1) is 14.3. The minimum atomic E-state index is -3.46. The number of rotatable bonds is 8. The fourth-order valence-corrected chi connectivity index (χ4v) is 4.39. The maximum absolute atomic E-state index is 12.3. The molecule has 1 saturated heterocycles. The van der Waals surface area contributed by atoms with Crippen LogP contribution >= 0.6 is 0 Å². The molecule has 2 aromatic rings. The number of furan rings is 1. The van der Waals surface area contributed by atoms with Crippen LogP contribution in [0.5, 0.6) is 0 Å². The summed E-state index contributed by atoms with van der Waals surface area (Å²) >= 11 is 0. The minimum Gasteiger partial charge on any atom is -0.465 e. The summed E-state index contributed by atoms with van der Waals surface area (Å²) in [6.07, 6.45) is 5.44. The number of hydrogen-bond acceptors (Lipinski definition) is 5. The second-order valence-corrected chi connectivity index (χ2v) is 9.79. The Labute approximate surface area is 178 Å². The van der Waals surface area contributed by atoms with Crippen LogP contribution in [-0.2, 0) is 14.8 Å². The van der Waals surface area contributed by atoms with Gasteiger partial charge in [-0.3, -0.25) is 9.69 Å². The lowest BCUT2D eigenvalue weighted by Crippen LogP contribution is -2.36. The number of sulfonamides is 1. The lowest BCUT2D eigenvalue weighted by molar-refractivity contribution is -0.116. The summed E-state index contributed by atoms with van der Waals surface area (Å²) in [5, 5.41) is 2.96. The van der Waals surface area contributed by atoms with Crippen molar-refractivity contribution in [2.45, 2.75) is 30.7 Å². The monoisotopic (exact) mass is 431 g/mol.